The Bertz CT molecular complexity index is 614. The monoisotopic (exact) mass is 292 g/mol. The van der Waals surface area contributed by atoms with Gasteiger partial charge in [0.2, 0.25) is 5.91 Å². The van der Waals surface area contributed by atoms with E-state index in [0.29, 0.717) is 16.4 Å². The third-order valence-corrected chi connectivity index (χ3v) is 3.01. The van der Waals surface area contributed by atoms with Gasteiger partial charge < -0.3 is 10.6 Å². The molecule has 1 amide bonds. The lowest BCUT2D eigenvalue weighted by Gasteiger charge is -2.09. The number of anilines is 2. The molecule has 5 heteroatoms. The van der Waals surface area contributed by atoms with Crippen molar-refractivity contribution in [2.45, 2.75) is 6.92 Å². The van der Waals surface area contributed by atoms with Crippen LogP contribution in [0, 0.1) is 12.7 Å². The minimum Gasteiger partial charge on any atom is -0.376 e. The molecule has 0 aromatic heterocycles. The number of rotatable bonds is 4. The number of benzene rings is 2. The molecule has 0 saturated heterocycles. The maximum atomic E-state index is 12.7. The molecule has 2 N–H and O–H groups in total. The molecule has 2 aromatic carbocycles. The molecule has 20 heavy (non-hydrogen) atoms. The van der Waals surface area contributed by atoms with Crippen molar-refractivity contribution in [3.63, 3.8) is 0 Å². The molecule has 0 aliphatic carbocycles. The molecule has 0 bridgehead atoms. The van der Waals surface area contributed by atoms with Crippen LogP contribution in [-0.2, 0) is 4.79 Å². The van der Waals surface area contributed by atoms with Crippen LogP contribution in [0.1, 0.15) is 5.56 Å². The molecular formula is C15H14ClFN2O. The largest absolute Gasteiger partial charge is 0.376 e. The lowest BCUT2D eigenvalue weighted by Crippen LogP contribution is -2.21. The van der Waals surface area contributed by atoms with E-state index in [1.165, 1.54) is 12.1 Å². The normalized spacial score (nSPS) is 10.2. The summed E-state index contributed by atoms with van der Waals surface area (Å²) in [6.45, 7) is 2.00. The van der Waals surface area contributed by atoms with Crippen LogP contribution in [0.2, 0.25) is 5.02 Å². The highest BCUT2D eigenvalue weighted by molar-refractivity contribution is 6.33. The van der Waals surface area contributed by atoms with Crippen LogP contribution in [0.4, 0.5) is 15.8 Å². The second kappa shape index (κ2) is 6.39. The minimum atomic E-state index is -0.313. The average molecular weight is 293 g/mol. The lowest BCUT2D eigenvalue weighted by atomic mass is 10.2. The summed E-state index contributed by atoms with van der Waals surface area (Å²) in [7, 11) is 0. The van der Waals surface area contributed by atoms with E-state index in [1.54, 1.807) is 24.3 Å². The molecule has 104 valence electrons. The average Bonchev–Trinajstić information content (AvgIpc) is 2.41. The van der Waals surface area contributed by atoms with Gasteiger partial charge in [0.15, 0.2) is 0 Å². The number of aryl methyl sites for hydroxylation is 1. The van der Waals surface area contributed by atoms with Crippen molar-refractivity contribution in [2.24, 2.45) is 0 Å². The van der Waals surface area contributed by atoms with E-state index in [2.05, 4.69) is 10.6 Å². The van der Waals surface area contributed by atoms with E-state index >= 15 is 0 Å². The van der Waals surface area contributed by atoms with Crippen molar-refractivity contribution in [1.82, 2.24) is 0 Å². The smallest absolute Gasteiger partial charge is 0.243 e. The third-order valence-electron chi connectivity index (χ3n) is 2.70. The number of hydrogen-bond acceptors (Lipinski definition) is 2. The van der Waals surface area contributed by atoms with Gasteiger partial charge in [-0.15, -0.1) is 0 Å². The van der Waals surface area contributed by atoms with Crippen molar-refractivity contribution in [3.05, 3.63) is 58.9 Å². The summed E-state index contributed by atoms with van der Waals surface area (Å²) in [5.74, 6) is -0.536. The van der Waals surface area contributed by atoms with Gasteiger partial charge in [0.1, 0.15) is 5.82 Å². The zero-order valence-corrected chi connectivity index (χ0v) is 11.7. The van der Waals surface area contributed by atoms with Crippen molar-refractivity contribution < 1.29 is 9.18 Å². The Kier molecular flexibility index (Phi) is 4.58. The van der Waals surface area contributed by atoms with Gasteiger partial charge in [-0.1, -0.05) is 17.7 Å². The quantitative estimate of drug-likeness (QED) is 0.899. The Morgan fingerprint density at radius 2 is 1.90 bits per heavy atom. The second-order valence-corrected chi connectivity index (χ2v) is 4.80. The van der Waals surface area contributed by atoms with Crippen molar-refractivity contribution in [1.29, 1.82) is 0 Å². The standard InChI is InChI=1S/C15H14ClFN2O/c1-10-2-7-14(13(16)8-10)19-15(20)9-18-12-5-3-11(17)4-6-12/h2-8,18H,9H2,1H3,(H,19,20). The van der Waals surface area contributed by atoms with E-state index in [4.69, 9.17) is 11.6 Å². The van der Waals surface area contributed by atoms with Gasteiger partial charge in [0.25, 0.3) is 0 Å². The highest BCUT2D eigenvalue weighted by atomic mass is 35.5. The fourth-order valence-corrected chi connectivity index (χ4v) is 1.95. The van der Waals surface area contributed by atoms with Gasteiger partial charge in [-0.25, -0.2) is 4.39 Å². The molecule has 0 fully saturated rings. The van der Waals surface area contributed by atoms with Crippen molar-refractivity contribution >= 4 is 28.9 Å². The summed E-state index contributed by atoms with van der Waals surface area (Å²) >= 11 is 6.03. The number of amides is 1. The number of carbonyl (C=O) groups is 1. The predicted molar refractivity (Wildman–Crippen MR) is 79.7 cm³/mol. The molecule has 2 rings (SSSR count). The van der Waals surface area contributed by atoms with Gasteiger partial charge in [0, 0.05) is 5.69 Å². The van der Waals surface area contributed by atoms with E-state index in [9.17, 15) is 9.18 Å². The van der Waals surface area contributed by atoms with Crippen LogP contribution < -0.4 is 10.6 Å². The zero-order chi connectivity index (χ0) is 14.5. The first-order chi connectivity index (χ1) is 9.54. The molecule has 0 unspecified atom stereocenters. The Labute approximate surface area is 121 Å². The second-order valence-electron chi connectivity index (χ2n) is 4.39. The highest BCUT2D eigenvalue weighted by Crippen LogP contribution is 2.22. The van der Waals surface area contributed by atoms with E-state index in [1.807, 2.05) is 13.0 Å². The fraction of sp³-hybridized carbons (Fsp3) is 0.133. The molecule has 2 aromatic rings. The van der Waals surface area contributed by atoms with Crippen LogP contribution in [0.25, 0.3) is 0 Å². The Balaban J connectivity index is 1.90. The van der Waals surface area contributed by atoms with E-state index in [0.717, 1.165) is 5.56 Å². The van der Waals surface area contributed by atoms with Crippen LogP contribution in [-0.4, -0.2) is 12.5 Å². The fourth-order valence-electron chi connectivity index (χ4n) is 1.67. The van der Waals surface area contributed by atoms with Crippen LogP contribution in [0.15, 0.2) is 42.5 Å². The van der Waals surface area contributed by atoms with Crippen LogP contribution in [0.5, 0.6) is 0 Å². The molecule has 0 aliphatic heterocycles. The summed E-state index contributed by atoms with van der Waals surface area (Å²) in [6, 6.07) is 11.2. The Morgan fingerprint density at radius 3 is 2.55 bits per heavy atom. The molecule has 0 spiro atoms. The van der Waals surface area contributed by atoms with Crippen LogP contribution >= 0.6 is 11.6 Å². The molecule has 3 nitrogen and oxygen atoms in total. The van der Waals surface area contributed by atoms with Crippen molar-refractivity contribution in [2.75, 3.05) is 17.2 Å². The first-order valence-corrected chi connectivity index (χ1v) is 6.48. The molecule has 0 atom stereocenters. The number of hydrogen-bond donors (Lipinski definition) is 2. The van der Waals surface area contributed by atoms with Gasteiger partial charge in [0.05, 0.1) is 17.3 Å². The number of carbonyl (C=O) groups excluding carboxylic acids is 1. The number of nitrogens with one attached hydrogen (secondary N) is 2. The van der Waals surface area contributed by atoms with E-state index in [-0.39, 0.29) is 18.3 Å². The van der Waals surface area contributed by atoms with Crippen LogP contribution in [0.3, 0.4) is 0 Å². The topological polar surface area (TPSA) is 41.1 Å². The predicted octanol–water partition coefficient (Wildman–Crippen LogP) is 3.84. The molecule has 0 heterocycles. The number of halogens is 2. The first-order valence-electron chi connectivity index (χ1n) is 6.10. The maximum absolute atomic E-state index is 12.7. The molecule has 0 aliphatic rings. The maximum Gasteiger partial charge on any atom is 0.243 e. The SMILES string of the molecule is Cc1ccc(NC(=O)CNc2ccc(F)cc2)c(Cl)c1. The van der Waals surface area contributed by atoms with Gasteiger partial charge in [-0.2, -0.15) is 0 Å². The summed E-state index contributed by atoms with van der Waals surface area (Å²) in [4.78, 5) is 11.8. The third kappa shape index (κ3) is 3.96. The Morgan fingerprint density at radius 1 is 1.20 bits per heavy atom. The Hall–Kier alpha value is -2.07. The van der Waals surface area contributed by atoms with Gasteiger partial charge in [-0.05, 0) is 48.9 Å². The molecular weight excluding hydrogens is 279 g/mol. The van der Waals surface area contributed by atoms with Crippen molar-refractivity contribution in [3.8, 4) is 0 Å². The van der Waals surface area contributed by atoms with E-state index < -0.39 is 0 Å². The van der Waals surface area contributed by atoms with Gasteiger partial charge in [-0.3, -0.25) is 4.79 Å². The highest BCUT2D eigenvalue weighted by Gasteiger charge is 2.05. The molecule has 0 radical (unpaired) electrons. The summed E-state index contributed by atoms with van der Waals surface area (Å²) < 4.78 is 12.7. The zero-order valence-electron chi connectivity index (χ0n) is 10.9. The van der Waals surface area contributed by atoms with Gasteiger partial charge >= 0.3 is 0 Å². The summed E-state index contributed by atoms with van der Waals surface area (Å²) in [5, 5.41) is 6.11. The summed E-state index contributed by atoms with van der Waals surface area (Å²) in [5.41, 5.74) is 2.28. The lowest BCUT2D eigenvalue weighted by molar-refractivity contribution is -0.114. The minimum absolute atomic E-state index is 0.0792. The first kappa shape index (κ1) is 14.3. The summed E-state index contributed by atoms with van der Waals surface area (Å²) in [6.07, 6.45) is 0. The molecule has 0 saturated carbocycles.